The molecular weight excluding hydrogens is 318 g/mol. The Labute approximate surface area is 137 Å². The molecule has 0 atom stereocenters. The van der Waals surface area contributed by atoms with Gasteiger partial charge in [-0.2, -0.15) is 5.10 Å². The molecule has 1 N–H and O–H groups in total. The minimum Gasteiger partial charge on any atom is -0.349 e. The van der Waals surface area contributed by atoms with Crippen LogP contribution in [0.4, 0.5) is 0 Å². The molecule has 4 nitrogen and oxygen atoms in total. The summed E-state index contributed by atoms with van der Waals surface area (Å²) in [6, 6.07) is 9.55. The second-order valence-electron chi connectivity index (χ2n) is 5.43. The van der Waals surface area contributed by atoms with Crippen LogP contribution in [0.5, 0.6) is 0 Å². The second kappa shape index (κ2) is 5.74. The van der Waals surface area contributed by atoms with E-state index in [1.54, 1.807) is 0 Å². The van der Waals surface area contributed by atoms with Gasteiger partial charge in [-0.1, -0.05) is 17.7 Å². The summed E-state index contributed by atoms with van der Waals surface area (Å²) in [5.41, 5.74) is 1.79. The number of nitrogens with one attached hydrogen (secondary N) is 1. The lowest BCUT2D eigenvalue weighted by Crippen LogP contribution is -2.29. The lowest BCUT2D eigenvalue weighted by Gasteiger charge is -2.06. The smallest absolute Gasteiger partial charge is 0.261 e. The molecule has 2 aromatic heterocycles. The predicted octanol–water partition coefficient (Wildman–Crippen LogP) is 4.19. The highest BCUT2D eigenvalue weighted by Crippen LogP contribution is 2.30. The molecule has 0 saturated carbocycles. The molecule has 1 amide bonds. The Bertz CT molecular complexity index is 850. The van der Waals surface area contributed by atoms with Crippen molar-refractivity contribution in [2.75, 3.05) is 0 Å². The van der Waals surface area contributed by atoms with Crippen LogP contribution in [0.25, 0.3) is 15.9 Å². The van der Waals surface area contributed by atoms with Gasteiger partial charge < -0.3 is 5.32 Å². The lowest BCUT2D eigenvalue weighted by atomic mass is 10.3. The Morgan fingerprint density at radius 1 is 1.36 bits per heavy atom. The first kappa shape index (κ1) is 15.1. The number of fused-ring (bicyclic) bond motifs is 1. The maximum atomic E-state index is 12.2. The number of nitrogens with zero attached hydrogens (tertiary/aromatic N) is 2. The Balaban J connectivity index is 2.09. The number of thiophene rings is 1. The van der Waals surface area contributed by atoms with E-state index in [4.69, 9.17) is 11.6 Å². The van der Waals surface area contributed by atoms with E-state index in [2.05, 4.69) is 10.4 Å². The van der Waals surface area contributed by atoms with Gasteiger partial charge in [0, 0.05) is 16.5 Å². The Kier molecular flexibility index (Phi) is 3.93. The molecule has 0 saturated heterocycles. The van der Waals surface area contributed by atoms with Crippen molar-refractivity contribution in [2.24, 2.45) is 0 Å². The van der Waals surface area contributed by atoms with Crippen molar-refractivity contribution in [3.8, 4) is 5.69 Å². The zero-order valence-corrected chi connectivity index (χ0v) is 14.1. The Hall–Kier alpha value is -1.85. The van der Waals surface area contributed by atoms with E-state index < -0.39 is 0 Å². The molecule has 0 bridgehead atoms. The summed E-state index contributed by atoms with van der Waals surface area (Å²) in [7, 11) is 0. The predicted molar refractivity (Wildman–Crippen MR) is 91.3 cm³/mol. The van der Waals surface area contributed by atoms with Gasteiger partial charge in [-0.25, -0.2) is 4.68 Å². The minimum absolute atomic E-state index is 0.0479. The first-order chi connectivity index (χ1) is 10.5. The summed E-state index contributed by atoms with van der Waals surface area (Å²) in [5, 5.41) is 9.14. The number of carbonyl (C=O) groups excluding carboxylic acids is 1. The summed E-state index contributed by atoms with van der Waals surface area (Å²) in [5.74, 6) is -0.0479. The van der Waals surface area contributed by atoms with Crippen molar-refractivity contribution >= 4 is 39.1 Å². The molecule has 6 heteroatoms. The van der Waals surface area contributed by atoms with Gasteiger partial charge in [0.05, 0.1) is 16.3 Å². The fourth-order valence-corrected chi connectivity index (χ4v) is 3.55. The number of rotatable bonds is 3. The Morgan fingerprint density at radius 2 is 2.14 bits per heavy atom. The van der Waals surface area contributed by atoms with Gasteiger partial charge in [0.25, 0.3) is 5.91 Å². The van der Waals surface area contributed by atoms with E-state index >= 15 is 0 Å². The topological polar surface area (TPSA) is 46.9 Å². The minimum atomic E-state index is -0.0479. The molecule has 3 rings (SSSR count). The number of halogens is 1. The van der Waals surface area contributed by atoms with Crippen molar-refractivity contribution in [2.45, 2.75) is 26.8 Å². The highest BCUT2D eigenvalue weighted by molar-refractivity contribution is 7.20. The standard InChI is InChI=1S/C16H16ClN3OS/c1-9(2)18-15(21)14-8-13-10(3)19-20(16(13)22-14)12-6-4-5-11(17)7-12/h4-9H,1-3H3,(H,18,21). The molecule has 1 aromatic carbocycles. The number of aryl methyl sites for hydroxylation is 1. The third-order valence-electron chi connectivity index (χ3n) is 3.24. The van der Waals surface area contributed by atoms with Crippen LogP contribution in [0.1, 0.15) is 29.2 Å². The number of carbonyl (C=O) groups is 1. The molecule has 114 valence electrons. The average molecular weight is 334 g/mol. The van der Waals surface area contributed by atoms with Crippen molar-refractivity contribution in [3.63, 3.8) is 0 Å². The second-order valence-corrected chi connectivity index (χ2v) is 6.90. The van der Waals surface area contributed by atoms with Crippen LogP contribution in [0.3, 0.4) is 0 Å². The molecular formula is C16H16ClN3OS. The molecule has 2 heterocycles. The summed E-state index contributed by atoms with van der Waals surface area (Å²) >= 11 is 7.50. The molecule has 0 unspecified atom stereocenters. The molecule has 0 fully saturated rings. The SMILES string of the molecule is Cc1nn(-c2cccc(Cl)c2)c2sc(C(=O)NC(C)C)cc12. The van der Waals surface area contributed by atoms with Gasteiger partial charge in [-0.3, -0.25) is 4.79 Å². The first-order valence-corrected chi connectivity index (χ1v) is 8.21. The molecule has 0 aliphatic carbocycles. The quantitative estimate of drug-likeness (QED) is 0.781. The molecule has 0 spiro atoms. The number of benzene rings is 1. The molecule has 22 heavy (non-hydrogen) atoms. The highest BCUT2D eigenvalue weighted by atomic mass is 35.5. The van der Waals surface area contributed by atoms with E-state index in [1.165, 1.54) is 11.3 Å². The van der Waals surface area contributed by atoms with E-state index in [-0.39, 0.29) is 11.9 Å². The average Bonchev–Trinajstić information content (AvgIpc) is 2.99. The van der Waals surface area contributed by atoms with Gasteiger partial charge in [0.1, 0.15) is 4.83 Å². The van der Waals surface area contributed by atoms with Gasteiger partial charge in [0.15, 0.2) is 0 Å². The van der Waals surface area contributed by atoms with E-state index in [9.17, 15) is 4.79 Å². The molecule has 3 aromatic rings. The zero-order chi connectivity index (χ0) is 15.9. The van der Waals surface area contributed by atoms with Gasteiger partial charge in [0.2, 0.25) is 0 Å². The summed E-state index contributed by atoms with van der Waals surface area (Å²) in [4.78, 5) is 13.8. The maximum Gasteiger partial charge on any atom is 0.261 e. The van der Waals surface area contributed by atoms with Crippen LogP contribution >= 0.6 is 22.9 Å². The third-order valence-corrected chi connectivity index (χ3v) is 4.59. The van der Waals surface area contributed by atoms with Gasteiger partial charge >= 0.3 is 0 Å². The maximum absolute atomic E-state index is 12.2. The highest BCUT2D eigenvalue weighted by Gasteiger charge is 2.17. The largest absolute Gasteiger partial charge is 0.349 e. The number of aromatic nitrogens is 2. The van der Waals surface area contributed by atoms with Crippen molar-refractivity contribution in [3.05, 3.63) is 45.9 Å². The van der Waals surface area contributed by atoms with Crippen molar-refractivity contribution < 1.29 is 4.79 Å². The van der Waals surface area contributed by atoms with Crippen LogP contribution in [0.2, 0.25) is 5.02 Å². The van der Waals surface area contributed by atoms with Gasteiger partial charge in [-0.15, -0.1) is 11.3 Å². The lowest BCUT2D eigenvalue weighted by molar-refractivity contribution is 0.0947. The summed E-state index contributed by atoms with van der Waals surface area (Å²) in [6.07, 6.45) is 0. The van der Waals surface area contributed by atoms with Crippen molar-refractivity contribution in [1.82, 2.24) is 15.1 Å². The normalized spacial score (nSPS) is 11.3. The van der Waals surface area contributed by atoms with Gasteiger partial charge in [-0.05, 0) is 45.0 Å². The number of amides is 1. The van der Waals surface area contributed by atoms with Crippen LogP contribution in [-0.2, 0) is 0 Å². The van der Waals surface area contributed by atoms with Crippen LogP contribution in [-0.4, -0.2) is 21.7 Å². The Morgan fingerprint density at radius 3 is 2.82 bits per heavy atom. The first-order valence-electron chi connectivity index (χ1n) is 7.01. The molecule has 0 aliphatic heterocycles. The molecule has 0 radical (unpaired) electrons. The number of hydrogen-bond donors (Lipinski definition) is 1. The zero-order valence-electron chi connectivity index (χ0n) is 12.6. The van der Waals surface area contributed by atoms with E-state index in [1.807, 2.05) is 55.8 Å². The molecule has 0 aliphatic rings. The monoisotopic (exact) mass is 333 g/mol. The van der Waals surface area contributed by atoms with Crippen LogP contribution in [0, 0.1) is 6.92 Å². The van der Waals surface area contributed by atoms with Crippen LogP contribution < -0.4 is 5.32 Å². The summed E-state index contributed by atoms with van der Waals surface area (Å²) in [6.45, 7) is 5.84. The fourth-order valence-electron chi connectivity index (χ4n) is 2.28. The van der Waals surface area contributed by atoms with Crippen LogP contribution in [0.15, 0.2) is 30.3 Å². The third kappa shape index (κ3) is 2.74. The van der Waals surface area contributed by atoms with E-state index in [0.29, 0.717) is 9.90 Å². The van der Waals surface area contributed by atoms with E-state index in [0.717, 1.165) is 21.6 Å². The number of hydrogen-bond acceptors (Lipinski definition) is 3. The van der Waals surface area contributed by atoms with Crippen molar-refractivity contribution in [1.29, 1.82) is 0 Å². The fraction of sp³-hybridized carbons (Fsp3) is 0.250. The summed E-state index contributed by atoms with van der Waals surface area (Å²) < 4.78 is 1.84.